The predicted octanol–water partition coefficient (Wildman–Crippen LogP) is 2.16. The zero-order chi connectivity index (χ0) is 16.9. The summed E-state index contributed by atoms with van der Waals surface area (Å²) in [5.41, 5.74) is 7.33. The van der Waals surface area contributed by atoms with Crippen LogP contribution in [0.15, 0.2) is 48.5 Å². The molecule has 0 aliphatic rings. The number of rotatable bonds is 7. The Kier molecular flexibility index (Phi) is 5.59. The Balaban J connectivity index is 2.13. The number of nitrogens with two attached hydrogens (primary N) is 1. The summed E-state index contributed by atoms with van der Waals surface area (Å²) in [4.78, 5) is 0. The molecule has 0 saturated carbocycles. The molecule has 7 heteroatoms. The molecule has 2 aromatic carbocycles. The third-order valence-corrected chi connectivity index (χ3v) is 4.02. The van der Waals surface area contributed by atoms with E-state index in [0.29, 0.717) is 23.7 Å². The van der Waals surface area contributed by atoms with Gasteiger partial charge in [0.25, 0.3) is 10.1 Å². The van der Waals surface area contributed by atoms with Crippen LogP contribution in [-0.4, -0.2) is 25.8 Å². The lowest BCUT2D eigenvalue weighted by molar-refractivity contribution is 0.284. The predicted molar refractivity (Wildman–Crippen MR) is 87.1 cm³/mol. The van der Waals surface area contributed by atoms with Crippen LogP contribution in [0.25, 0.3) is 0 Å². The molecule has 0 fully saturated rings. The summed E-state index contributed by atoms with van der Waals surface area (Å²) in [6.07, 6.45) is 0. The van der Waals surface area contributed by atoms with Gasteiger partial charge >= 0.3 is 0 Å². The molecular formula is C16H19NO5S. The van der Waals surface area contributed by atoms with Crippen molar-refractivity contribution < 1.29 is 22.4 Å². The van der Waals surface area contributed by atoms with Crippen molar-refractivity contribution in [1.82, 2.24) is 0 Å². The first-order valence-corrected chi connectivity index (χ1v) is 8.55. The van der Waals surface area contributed by atoms with Gasteiger partial charge in [0.15, 0.2) is 11.5 Å². The molecule has 0 spiro atoms. The van der Waals surface area contributed by atoms with E-state index in [9.17, 15) is 8.42 Å². The van der Waals surface area contributed by atoms with E-state index in [4.69, 9.17) is 19.8 Å². The SMILES string of the molecule is COc1cc(C(N)CS(=O)(=O)O)ccc1OCc1ccccc1. The van der Waals surface area contributed by atoms with E-state index in [1.165, 1.54) is 7.11 Å². The van der Waals surface area contributed by atoms with Crippen molar-refractivity contribution in [1.29, 1.82) is 0 Å². The number of hydrogen-bond acceptors (Lipinski definition) is 5. The van der Waals surface area contributed by atoms with E-state index in [2.05, 4.69) is 0 Å². The quantitative estimate of drug-likeness (QED) is 0.751. The summed E-state index contributed by atoms with van der Waals surface area (Å²) in [5.74, 6) is 0.420. The molecule has 0 aliphatic carbocycles. The maximum Gasteiger partial charge on any atom is 0.266 e. The van der Waals surface area contributed by atoms with Crippen molar-refractivity contribution in [3.8, 4) is 11.5 Å². The summed E-state index contributed by atoms with van der Waals surface area (Å²) in [5, 5.41) is 0. The smallest absolute Gasteiger partial charge is 0.266 e. The Morgan fingerprint density at radius 3 is 2.43 bits per heavy atom. The first kappa shape index (κ1) is 17.3. The van der Waals surface area contributed by atoms with Crippen LogP contribution in [0.4, 0.5) is 0 Å². The van der Waals surface area contributed by atoms with Crippen LogP contribution in [0.3, 0.4) is 0 Å². The lowest BCUT2D eigenvalue weighted by atomic mass is 10.1. The number of methoxy groups -OCH3 is 1. The van der Waals surface area contributed by atoms with Gasteiger partial charge in [0.1, 0.15) is 6.61 Å². The van der Waals surface area contributed by atoms with Crippen molar-refractivity contribution in [3.63, 3.8) is 0 Å². The summed E-state index contributed by atoms with van der Waals surface area (Å²) in [6.45, 7) is 0.383. The average Bonchev–Trinajstić information content (AvgIpc) is 2.52. The second-order valence-electron chi connectivity index (χ2n) is 5.04. The van der Waals surface area contributed by atoms with Gasteiger partial charge in [-0.2, -0.15) is 8.42 Å². The van der Waals surface area contributed by atoms with Gasteiger partial charge in [-0.15, -0.1) is 0 Å². The lowest BCUT2D eigenvalue weighted by Gasteiger charge is -2.15. The molecule has 0 bridgehead atoms. The Bertz CT molecular complexity index is 746. The second kappa shape index (κ2) is 7.45. The molecule has 2 rings (SSSR count). The molecule has 2 aromatic rings. The minimum Gasteiger partial charge on any atom is -0.493 e. The van der Waals surface area contributed by atoms with E-state index < -0.39 is 21.9 Å². The summed E-state index contributed by atoms with van der Waals surface area (Å²) < 4.78 is 41.7. The number of ether oxygens (including phenoxy) is 2. The molecule has 0 radical (unpaired) electrons. The molecule has 23 heavy (non-hydrogen) atoms. The second-order valence-corrected chi connectivity index (χ2v) is 6.54. The van der Waals surface area contributed by atoms with Crippen LogP contribution < -0.4 is 15.2 Å². The Hall–Kier alpha value is -2.09. The molecule has 124 valence electrons. The number of hydrogen-bond donors (Lipinski definition) is 2. The molecule has 1 unspecified atom stereocenters. The van der Waals surface area contributed by atoms with Crippen LogP contribution in [0.1, 0.15) is 17.2 Å². The van der Waals surface area contributed by atoms with E-state index in [0.717, 1.165) is 5.56 Å². The van der Waals surface area contributed by atoms with Gasteiger partial charge < -0.3 is 15.2 Å². The van der Waals surface area contributed by atoms with Crippen LogP contribution in [-0.2, 0) is 16.7 Å². The topological polar surface area (TPSA) is 98.9 Å². The van der Waals surface area contributed by atoms with Crippen molar-refractivity contribution in [2.24, 2.45) is 5.73 Å². The highest BCUT2D eigenvalue weighted by atomic mass is 32.2. The van der Waals surface area contributed by atoms with Crippen LogP contribution >= 0.6 is 0 Å². The van der Waals surface area contributed by atoms with Gasteiger partial charge in [-0.05, 0) is 23.3 Å². The first-order chi connectivity index (χ1) is 10.9. The van der Waals surface area contributed by atoms with Crippen LogP contribution in [0.5, 0.6) is 11.5 Å². The maximum atomic E-state index is 10.9. The normalized spacial score (nSPS) is 12.7. The summed E-state index contributed by atoms with van der Waals surface area (Å²) in [7, 11) is -2.66. The monoisotopic (exact) mass is 337 g/mol. The van der Waals surface area contributed by atoms with Gasteiger partial charge in [-0.25, -0.2) is 0 Å². The van der Waals surface area contributed by atoms with E-state index in [1.807, 2.05) is 30.3 Å². The molecule has 3 N–H and O–H groups in total. The largest absolute Gasteiger partial charge is 0.493 e. The van der Waals surface area contributed by atoms with Gasteiger partial charge in [0, 0.05) is 6.04 Å². The fourth-order valence-corrected chi connectivity index (χ4v) is 2.74. The van der Waals surface area contributed by atoms with Gasteiger partial charge in [0.05, 0.1) is 12.9 Å². The summed E-state index contributed by atoms with van der Waals surface area (Å²) in [6, 6.07) is 13.7. The molecule has 0 aromatic heterocycles. The third-order valence-electron chi connectivity index (χ3n) is 3.24. The minimum absolute atomic E-state index is 0.383. The molecule has 0 amide bonds. The van der Waals surface area contributed by atoms with Gasteiger partial charge in [-0.1, -0.05) is 36.4 Å². The van der Waals surface area contributed by atoms with Crippen molar-refractivity contribution in [2.45, 2.75) is 12.6 Å². The Morgan fingerprint density at radius 2 is 1.83 bits per heavy atom. The van der Waals surface area contributed by atoms with Crippen molar-refractivity contribution >= 4 is 10.1 Å². The standard InChI is InChI=1S/C16H19NO5S/c1-21-16-9-13(14(17)11-23(18,19)20)7-8-15(16)22-10-12-5-3-2-4-6-12/h2-9,14H,10-11,17H2,1H3,(H,18,19,20). The Labute approximate surface area is 135 Å². The minimum atomic E-state index is -4.14. The van der Waals surface area contributed by atoms with Crippen LogP contribution in [0.2, 0.25) is 0 Å². The highest BCUT2D eigenvalue weighted by Crippen LogP contribution is 2.30. The van der Waals surface area contributed by atoms with Crippen molar-refractivity contribution in [3.05, 3.63) is 59.7 Å². The average molecular weight is 337 g/mol. The first-order valence-electron chi connectivity index (χ1n) is 6.94. The van der Waals surface area contributed by atoms with E-state index in [1.54, 1.807) is 18.2 Å². The summed E-state index contributed by atoms with van der Waals surface area (Å²) >= 11 is 0. The zero-order valence-electron chi connectivity index (χ0n) is 12.7. The fourth-order valence-electron chi connectivity index (χ4n) is 2.09. The van der Waals surface area contributed by atoms with Crippen LogP contribution in [0, 0.1) is 0 Å². The zero-order valence-corrected chi connectivity index (χ0v) is 13.5. The molecule has 0 heterocycles. The third kappa shape index (κ3) is 5.24. The van der Waals surface area contributed by atoms with E-state index in [-0.39, 0.29) is 0 Å². The molecular weight excluding hydrogens is 318 g/mol. The molecule has 6 nitrogen and oxygen atoms in total. The molecule has 0 aliphatic heterocycles. The Morgan fingerprint density at radius 1 is 1.13 bits per heavy atom. The highest BCUT2D eigenvalue weighted by Gasteiger charge is 2.17. The molecule has 1 atom stereocenters. The van der Waals surface area contributed by atoms with Crippen molar-refractivity contribution in [2.75, 3.05) is 12.9 Å². The lowest BCUT2D eigenvalue weighted by Crippen LogP contribution is -2.21. The molecule has 0 saturated heterocycles. The number of benzene rings is 2. The van der Waals surface area contributed by atoms with E-state index >= 15 is 0 Å². The van der Waals surface area contributed by atoms with Gasteiger partial charge in [-0.3, -0.25) is 4.55 Å². The fraction of sp³-hybridized carbons (Fsp3) is 0.250. The highest BCUT2D eigenvalue weighted by molar-refractivity contribution is 7.85. The van der Waals surface area contributed by atoms with Gasteiger partial charge in [0.2, 0.25) is 0 Å². The maximum absolute atomic E-state index is 10.9.